The van der Waals surface area contributed by atoms with Crippen molar-refractivity contribution in [2.24, 2.45) is 0 Å². The average Bonchev–Trinajstić information content (AvgIpc) is 2.21. The van der Waals surface area contributed by atoms with Crippen LogP contribution in [0.4, 0.5) is 0 Å². The standard InChI is InChI=1S/C12H23.ClH.Mg/c1-3-5-7-9-11-12-10-8-6-4-2;;/h6,8H,1,3-5,7,9-12H2,2H3;1H;/q;;+1/p-1/b8-6-;;. The molecule has 0 N–H and O–H groups in total. The zero-order valence-corrected chi connectivity index (χ0v) is 11.8. The molecule has 0 aromatic rings. The Kier molecular flexibility index (Phi) is 14.6. The summed E-state index contributed by atoms with van der Waals surface area (Å²) in [6, 6.07) is 0. The van der Waals surface area contributed by atoms with Crippen LogP contribution in [0.3, 0.4) is 0 Å². The lowest BCUT2D eigenvalue weighted by molar-refractivity contribution is 0.611. The first-order valence-corrected chi connectivity index (χ1v) is 9.26. The lowest BCUT2D eigenvalue weighted by Gasteiger charge is -1.99. The van der Waals surface area contributed by atoms with Crippen molar-refractivity contribution in [3.63, 3.8) is 0 Å². The number of allylic oxidation sites excluding steroid dienone is 2. The van der Waals surface area contributed by atoms with Gasteiger partial charge in [0.25, 0.3) is 0 Å². The van der Waals surface area contributed by atoms with Crippen molar-refractivity contribution < 1.29 is 0 Å². The van der Waals surface area contributed by atoms with Gasteiger partial charge in [-0.05, 0) is 19.3 Å². The van der Waals surface area contributed by atoms with Gasteiger partial charge in [0, 0.05) is 0 Å². The summed E-state index contributed by atoms with van der Waals surface area (Å²) in [5.74, 6) is 0. The van der Waals surface area contributed by atoms with Crippen molar-refractivity contribution in [2.75, 3.05) is 0 Å². The highest BCUT2D eigenvalue weighted by Crippen LogP contribution is 2.09. The molecule has 0 aliphatic carbocycles. The molecule has 0 rings (SSSR count). The third-order valence-corrected chi connectivity index (χ3v) is 3.98. The second-order valence-electron chi connectivity index (χ2n) is 3.83. The normalized spacial score (nSPS) is 10.7. The smallest absolute Gasteiger partial charge is 0.346 e. The summed E-state index contributed by atoms with van der Waals surface area (Å²) in [7, 11) is 5.74. The second kappa shape index (κ2) is 13.8. The van der Waals surface area contributed by atoms with Crippen molar-refractivity contribution >= 4 is 28.3 Å². The molecule has 0 fully saturated rings. The van der Waals surface area contributed by atoms with E-state index in [4.69, 9.17) is 9.07 Å². The highest BCUT2D eigenvalue weighted by Gasteiger charge is 1.92. The van der Waals surface area contributed by atoms with Gasteiger partial charge in [-0.3, -0.25) is 0 Å². The maximum atomic E-state index is 5.74. The molecule has 0 saturated heterocycles. The lowest BCUT2D eigenvalue weighted by atomic mass is 10.1. The molecule has 0 heterocycles. The Balaban J connectivity index is 2.88. The van der Waals surface area contributed by atoms with Gasteiger partial charge in [-0.15, -0.1) is 4.55 Å². The van der Waals surface area contributed by atoms with Crippen LogP contribution in [-0.2, 0) is 0 Å². The van der Waals surface area contributed by atoms with Crippen LogP contribution in [-0.4, -0.2) is 19.3 Å². The first-order chi connectivity index (χ1) is 6.91. The maximum absolute atomic E-state index is 5.74. The molecule has 0 unspecified atom stereocenters. The van der Waals surface area contributed by atoms with Crippen LogP contribution < -0.4 is 0 Å². The van der Waals surface area contributed by atoms with Gasteiger partial charge in [0.15, 0.2) is 0 Å². The van der Waals surface area contributed by atoms with E-state index in [1.54, 1.807) is 0 Å². The first kappa shape index (κ1) is 14.8. The molecule has 0 radical (unpaired) electrons. The molecule has 0 saturated carbocycles. The molecule has 0 aromatic heterocycles. The SMILES string of the molecule is CC/C=C\CCCCCCC[CH2][Mg][Cl]. The minimum atomic E-state index is -0.176. The monoisotopic (exact) mass is 226 g/mol. The van der Waals surface area contributed by atoms with E-state index in [1.165, 1.54) is 55.9 Å². The third kappa shape index (κ3) is 12.8. The second-order valence-corrected chi connectivity index (χ2v) is 6.05. The van der Waals surface area contributed by atoms with Crippen molar-refractivity contribution in [1.82, 2.24) is 0 Å². The van der Waals surface area contributed by atoms with Crippen molar-refractivity contribution in [1.29, 1.82) is 0 Å². The Morgan fingerprint density at radius 3 is 2.21 bits per heavy atom. The van der Waals surface area contributed by atoms with E-state index >= 15 is 0 Å². The van der Waals surface area contributed by atoms with E-state index in [1.807, 2.05) is 0 Å². The first-order valence-electron chi connectivity index (χ1n) is 6.12. The topological polar surface area (TPSA) is 0 Å². The molecule has 80 valence electrons. The van der Waals surface area contributed by atoms with Crippen LogP contribution in [0.2, 0.25) is 4.55 Å². The van der Waals surface area contributed by atoms with Gasteiger partial charge in [0.2, 0.25) is 0 Å². The summed E-state index contributed by atoms with van der Waals surface area (Å²) in [5, 5.41) is 0. The lowest BCUT2D eigenvalue weighted by Crippen LogP contribution is -1.81. The summed E-state index contributed by atoms with van der Waals surface area (Å²) in [6.45, 7) is 2.19. The molecule has 0 amide bonds. The number of hydrogen-bond acceptors (Lipinski definition) is 0. The van der Waals surface area contributed by atoms with Crippen molar-refractivity contribution in [3.8, 4) is 0 Å². The molecular weight excluding hydrogens is 204 g/mol. The zero-order valence-electron chi connectivity index (χ0n) is 9.60. The number of hydrogen-bond donors (Lipinski definition) is 0. The number of halogens is 1. The summed E-state index contributed by atoms with van der Waals surface area (Å²) in [6.07, 6.45) is 15.5. The molecule has 0 aliphatic rings. The van der Waals surface area contributed by atoms with Crippen molar-refractivity contribution in [2.45, 2.75) is 62.8 Å². The van der Waals surface area contributed by atoms with Crippen LogP contribution in [0.25, 0.3) is 0 Å². The van der Waals surface area contributed by atoms with E-state index < -0.39 is 0 Å². The molecule has 0 spiro atoms. The molecule has 14 heavy (non-hydrogen) atoms. The minimum absolute atomic E-state index is 0.176. The Morgan fingerprint density at radius 2 is 1.57 bits per heavy atom. The Hall–Kier alpha value is 0.796. The zero-order chi connectivity index (χ0) is 10.5. The predicted octanol–water partition coefficient (Wildman–Crippen LogP) is 4.96. The fourth-order valence-electron chi connectivity index (χ4n) is 1.53. The Morgan fingerprint density at radius 1 is 0.929 bits per heavy atom. The summed E-state index contributed by atoms with van der Waals surface area (Å²) in [4.78, 5) is 0. The van der Waals surface area contributed by atoms with Gasteiger partial charge < -0.3 is 9.07 Å². The maximum Gasteiger partial charge on any atom is 0.501 e. The van der Waals surface area contributed by atoms with Gasteiger partial charge in [-0.25, -0.2) is 0 Å². The van der Waals surface area contributed by atoms with E-state index in [0.29, 0.717) is 0 Å². The van der Waals surface area contributed by atoms with Crippen LogP contribution in [0.5, 0.6) is 0 Å². The minimum Gasteiger partial charge on any atom is -0.346 e. The molecule has 0 nitrogen and oxygen atoms in total. The summed E-state index contributed by atoms with van der Waals surface area (Å²) < 4.78 is 1.33. The van der Waals surface area contributed by atoms with Gasteiger partial charge in [-0.2, -0.15) is 0 Å². The third-order valence-electron chi connectivity index (χ3n) is 2.41. The van der Waals surface area contributed by atoms with E-state index in [-0.39, 0.29) is 19.3 Å². The largest absolute Gasteiger partial charge is 0.501 e. The predicted molar refractivity (Wildman–Crippen MR) is 68.2 cm³/mol. The Labute approximate surface area is 103 Å². The molecular formula is C12H23ClMg. The van der Waals surface area contributed by atoms with E-state index in [2.05, 4.69) is 19.1 Å². The van der Waals surface area contributed by atoms with Gasteiger partial charge in [0.1, 0.15) is 0 Å². The van der Waals surface area contributed by atoms with Crippen LogP contribution in [0.1, 0.15) is 58.3 Å². The van der Waals surface area contributed by atoms with Crippen LogP contribution in [0, 0.1) is 0 Å². The van der Waals surface area contributed by atoms with Crippen LogP contribution >= 0.6 is 9.07 Å². The molecule has 0 atom stereocenters. The summed E-state index contributed by atoms with van der Waals surface area (Å²) >= 11 is -0.176. The van der Waals surface area contributed by atoms with Crippen LogP contribution in [0.15, 0.2) is 12.2 Å². The number of unbranched alkanes of at least 4 members (excludes halogenated alkanes) is 6. The highest BCUT2D eigenvalue weighted by atomic mass is 35.5. The Bertz CT molecular complexity index is 123. The van der Waals surface area contributed by atoms with E-state index in [9.17, 15) is 0 Å². The van der Waals surface area contributed by atoms with Gasteiger partial charge in [0.05, 0.1) is 0 Å². The molecule has 0 aromatic carbocycles. The highest BCUT2D eigenvalue weighted by molar-refractivity contribution is 6.93. The molecule has 0 aliphatic heterocycles. The molecule has 2 heteroatoms. The quantitative estimate of drug-likeness (QED) is 0.281. The fourth-order valence-corrected chi connectivity index (χ4v) is 2.63. The number of rotatable bonds is 10. The van der Waals surface area contributed by atoms with Gasteiger partial charge >= 0.3 is 19.3 Å². The average molecular weight is 227 g/mol. The van der Waals surface area contributed by atoms with Crippen molar-refractivity contribution in [3.05, 3.63) is 12.2 Å². The fraction of sp³-hybridized carbons (Fsp3) is 0.833. The van der Waals surface area contributed by atoms with E-state index in [0.717, 1.165) is 0 Å². The van der Waals surface area contributed by atoms with Gasteiger partial charge in [-0.1, -0.05) is 51.2 Å². The molecule has 0 bridgehead atoms. The summed E-state index contributed by atoms with van der Waals surface area (Å²) in [5.41, 5.74) is 0.